The largest absolute Gasteiger partial charge is 0.0774 e. The van der Waals surface area contributed by atoms with Gasteiger partial charge in [0.05, 0.1) is 16.1 Å². The highest BCUT2D eigenvalue weighted by molar-refractivity contribution is 9.13. The van der Waals surface area contributed by atoms with Gasteiger partial charge in [-0.15, -0.1) is 0 Å². The maximum atomic E-state index is 3.43. The standard InChI is InChI=1S/C14H26Si2.C8H8Br2/c1-11-9-13(15(3,4)5)14(10-12(11)2)16(6,7)8;1-5-3-7(9)8(10)4-6(5)2/h9-10H,1-8H3;3-4H,1-2H3. The van der Waals surface area contributed by atoms with Gasteiger partial charge in [-0.2, -0.15) is 0 Å². The summed E-state index contributed by atoms with van der Waals surface area (Å²) in [5, 5.41) is 3.38. The van der Waals surface area contributed by atoms with Crippen LogP contribution in [0.2, 0.25) is 39.3 Å². The lowest BCUT2D eigenvalue weighted by Gasteiger charge is -2.29. The summed E-state index contributed by atoms with van der Waals surface area (Å²) >= 11 is 6.87. The third kappa shape index (κ3) is 6.47. The van der Waals surface area contributed by atoms with Crippen molar-refractivity contribution in [3.63, 3.8) is 0 Å². The molecule has 0 aliphatic rings. The molecule has 0 saturated carbocycles. The van der Waals surface area contributed by atoms with Gasteiger partial charge in [0.1, 0.15) is 0 Å². The van der Waals surface area contributed by atoms with E-state index in [1.807, 2.05) is 0 Å². The lowest BCUT2D eigenvalue weighted by Crippen LogP contribution is -2.56. The van der Waals surface area contributed by atoms with Crippen LogP contribution in [-0.2, 0) is 0 Å². The maximum absolute atomic E-state index is 3.43. The Morgan fingerprint density at radius 1 is 0.500 bits per heavy atom. The van der Waals surface area contributed by atoms with E-state index in [0.717, 1.165) is 8.95 Å². The summed E-state index contributed by atoms with van der Waals surface area (Å²) in [6, 6.07) is 9.16. The monoisotopic (exact) mass is 512 g/mol. The van der Waals surface area contributed by atoms with E-state index in [-0.39, 0.29) is 0 Å². The average Bonchev–Trinajstić information content (AvgIpc) is 2.46. The fraction of sp³-hybridized carbons (Fsp3) is 0.455. The summed E-state index contributed by atoms with van der Waals surface area (Å²) in [6.07, 6.45) is 0. The minimum absolute atomic E-state index is 1.12. The third-order valence-electron chi connectivity index (χ3n) is 4.79. The molecule has 0 fully saturated rings. The molecule has 0 unspecified atom stereocenters. The molecule has 0 spiro atoms. The minimum atomic E-state index is -1.21. The molecule has 2 rings (SSSR count). The van der Waals surface area contributed by atoms with E-state index in [1.54, 1.807) is 10.4 Å². The van der Waals surface area contributed by atoms with Crippen molar-refractivity contribution in [1.82, 2.24) is 0 Å². The normalized spacial score (nSPS) is 11.8. The molecule has 2 aromatic carbocycles. The summed E-state index contributed by atoms with van der Waals surface area (Å²) in [5.41, 5.74) is 5.55. The Kier molecular flexibility index (Phi) is 8.16. The molecule has 0 N–H and O–H groups in total. The molecule has 0 aliphatic heterocycles. The van der Waals surface area contributed by atoms with Gasteiger partial charge >= 0.3 is 0 Å². The summed E-state index contributed by atoms with van der Waals surface area (Å²) < 4.78 is 2.24. The first-order valence-electron chi connectivity index (χ1n) is 9.19. The van der Waals surface area contributed by atoms with E-state index < -0.39 is 16.1 Å². The predicted octanol–water partition coefficient (Wildman–Crippen LogP) is 7.22. The number of rotatable bonds is 2. The molecule has 0 bridgehead atoms. The Morgan fingerprint density at radius 2 is 0.731 bits per heavy atom. The van der Waals surface area contributed by atoms with Crippen LogP contribution in [-0.4, -0.2) is 16.1 Å². The van der Waals surface area contributed by atoms with E-state index in [1.165, 1.54) is 22.3 Å². The van der Waals surface area contributed by atoms with Crippen molar-refractivity contribution in [2.75, 3.05) is 0 Å². The van der Waals surface area contributed by atoms with Crippen LogP contribution in [0.1, 0.15) is 22.3 Å². The van der Waals surface area contributed by atoms with Crippen molar-refractivity contribution < 1.29 is 0 Å². The summed E-state index contributed by atoms with van der Waals surface area (Å²) in [7, 11) is -2.41. The van der Waals surface area contributed by atoms with E-state index in [9.17, 15) is 0 Å². The Morgan fingerprint density at radius 3 is 0.962 bits per heavy atom. The number of halogens is 2. The Balaban J connectivity index is 0.000000289. The van der Waals surface area contributed by atoms with Gasteiger partial charge in [-0.3, -0.25) is 0 Å². The number of aryl methyl sites for hydroxylation is 4. The van der Waals surface area contributed by atoms with Crippen LogP contribution in [0.3, 0.4) is 0 Å². The van der Waals surface area contributed by atoms with Gasteiger partial charge in [-0.1, -0.05) is 61.8 Å². The van der Waals surface area contributed by atoms with Gasteiger partial charge in [0.2, 0.25) is 0 Å². The zero-order chi connectivity index (χ0) is 20.4. The minimum Gasteiger partial charge on any atom is -0.0656 e. The molecule has 0 saturated heterocycles. The Labute approximate surface area is 180 Å². The predicted molar refractivity (Wildman–Crippen MR) is 133 cm³/mol. The van der Waals surface area contributed by atoms with Crippen molar-refractivity contribution in [2.24, 2.45) is 0 Å². The molecule has 0 radical (unpaired) electrons. The maximum Gasteiger partial charge on any atom is 0.0774 e. The van der Waals surface area contributed by atoms with Crippen LogP contribution in [0.5, 0.6) is 0 Å². The topological polar surface area (TPSA) is 0 Å². The van der Waals surface area contributed by atoms with Crippen molar-refractivity contribution in [3.8, 4) is 0 Å². The quantitative estimate of drug-likeness (QED) is 0.371. The molecule has 2 aromatic rings. The highest BCUT2D eigenvalue weighted by Crippen LogP contribution is 2.25. The smallest absolute Gasteiger partial charge is 0.0656 e. The van der Waals surface area contributed by atoms with Gasteiger partial charge in [0.25, 0.3) is 0 Å². The van der Waals surface area contributed by atoms with Gasteiger partial charge in [-0.25, -0.2) is 0 Å². The van der Waals surface area contributed by atoms with Crippen LogP contribution in [0, 0.1) is 27.7 Å². The molecule has 0 atom stereocenters. The summed E-state index contributed by atoms with van der Waals surface area (Å²) in [5.74, 6) is 0. The van der Waals surface area contributed by atoms with E-state index in [4.69, 9.17) is 0 Å². The van der Waals surface area contributed by atoms with Crippen molar-refractivity contribution in [1.29, 1.82) is 0 Å². The zero-order valence-corrected chi connectivity index (χ0v) is 23.2. The molecule has 144 valence electrons. The molecule has 0 heterocycles. The van der Waals surface area contributed by atoms with E-state index in [0.29, 0.717) is 0 Å². The summed E-state index contributed by atoms with van der Waals surface area (Å²) in [6.45, 7) is 23.4. The van der Waals surface area contributed by atoms with Crippen molar-refractivity contribution >= 4 is 58.4 Å². The average molecular weight is 514 g/mol. The zero-order valence-electron chi connectivity index (χ0n) is 18.1. The van der Waals surface area contributed by atoms with Crippen LogP contribution in [0.15, 0.2) is 33.2 Å². The highest BCUT2D eigenvalue weighted by atomic mass is 79.9. The van der Waals surface area contributed by atoms with Crippen LogP contribution < -0.4 is 10.4 Å². The van der Waals surface area contributed by atoms with Crippen LogP contribution >= 0.6 is 31.9 Å². The molecule has 0 aliphatic carbocycles. The summed E-state index contributed by atoms with van der Waals surface area (Å²) in [4.78, 5) is 0. The Bertz CT molecular complexity index is 693. The second-order valence-corrected chi connectivity index (χ2v) is 21.1. The van der Waals surface area contributed by atoms with Crippen molar-refractivity contribution in [3.05, 3.63) is 55.5 Å². The SMILES string of the molecule is Cc1cc(Br)c(Br)cc1C.Cc1cc([Si](C)(C)C)c([Si](C)(C)C)cc1C. The number of benzene rings is 2. The first-order valence-corrected chi connectivity index (χ1v) is 17.8. The lowest BCUT2D eigenvalue weighted by atomic mass is 10.1. The van der Waals surface area contributed by atoms with Gasteiger partial charge < -0.3 is 0 Å². The second kappa shape index (κ2) is 8.89. The number of hydrogen-bond acceptors (Lipinski definition) is 0. The Hall–Kier alpha value is -0.166. The fourth-order valence-corrected chi connectivity index (χ4v) is 9.03. The molecule has 4 heteroatoms. The third-order valence-corrected chi connectivity index (χ3v) is 10.9. The van der Waals surface area contributed by atoms with E-state index in [2.05, 4.69) is 123 Å². The van der Waals surface area contributed by atoms with Crippen molar-refractivity contribution in [2.45, 2.75) is 67.0 Å². The molecule has 0 nitrogen and oxygen atoms in total. The molecular formula is C22H34Br2Si2. The second-order valence-electron chi connectivity index (χ2n) is 9.33. The lowest BCUT2D eigenvalue weighted by molar-refractivity contribution is 1.32. The molecule has 0 amide bonds. The first kappa shape index (κ1) is 23.9. The fourth-order valence-electron chi connectivity index (χ4n) is 2.80. The molecular weight excluding hydrogens is 480 g/mol. The van der Waals surface area contributed by atoms with Gasteiger partial charge in [0.15, 0.2) is 0 Å². The van der Waals surface area contributed by atoms with Crippen LogP contribution in [0.25, 0.3) is 0 Å². The molecule has 0 aromatic heterocycles. The van der Waals surface area contributed by atoms with Crippen LogP contribution in [0.4, 0.5) is 0 Å². The van der Waals surface area contributed by atoms with E-state index >= 15 is 0 Å². The number of hydrogen-bond donors (Lipinski definition) is 0. The highest BCUT2D eigenvalue weighted by Gasteiger charge is 2.27. The van der Waals surface area contributed by atoms with Gasteiger partial charge in [-0.05, 0) is 93.9 Å². The first-order chi connectivity index (χ1) is 11.6. The molecule has 26 heavy (non-hydrogen) atoms. The van der Waals surface area contributed by atoms with Gasteiger partial charge in [0, 0.05) is 8.95 Å².